The van der Waals surface area contributed by atoms with Gasteiger partial charge in [-0.05, 0) is 55.5 Å². The maximum absolute atomic E-state index is 13.7. The molecule has 1 saturated carbocycles. The number of amides is 2. The largest absolute Gasteiger partial charge is 0.349 e. The van der Waals surface area contributed by atoms with Crippen LogP contribution in [0.3, 0.4) is 0 Å². The molecule has 1 N–H and O–H groups in total. The minimum atomic E-state index is -0.198. The molecule has 0 spiro atoms. The molecule has 3 aromatic heterocycles. The highest BCUT2D eigenvalue weighted by molar-refractivity contribution is 7.15. The van der Waals surface area contributed by atoms with E-state index in [0.717, 1.165) is 33.9 Å². The van der Waals surface area contributed by atoms with Crippen LogP contribution in [0, 0.1) is 12.8 Å². The van der Waals surface area contributed by atoms with Crippen LogP contribution in [0.25, 0.3) is 16.1 Å². The Balaban J connectivity index is 1.23. The Morgan fingerprint density at radius 3 is 2.94 bits per heavy atom. The van der Waals surface area contributed by atoms with Crippen LogP contribution in [-0.2, 0) is 0 Å². The van der Waals surface area contributed by atoms with Crippen molar-refractivity contribution in [2.75, 3.05) is 6.54 Å². The zero-order chi connectivity index (χ0) is 23.4. The molecule has 2 fully saturated rings. The molecule has 1 aromatic carbocycles. The third kappa shape index (κ3) is 3.67. The first-order valence-electron chi connectivity index (χ1n) is 11.3. The summed E-state index contributed by atoms with van der Waals surface area (Å²) in [5.41, 5.74) is 2.56. The number of hydrogen-bond acceptors (Lipinski definition) is 5. The molecule has 0 unspecified atom stereocenters. The summed E-state index contributed by atoms with van der Waals surface area (Å²) < 4.78 is 1.76. The van der Waals surface area contributed by atoms with Gasteiger partial charge in [0.25, 0.3) is 11.8 Å². The van der Waals surface area contributed by atoms with E-state index in [1.807, 2.05) is 60.5 Å². The molecular formula is C25H22ClN5O2S. The summed E-state index contributed by atoms with van der Waals surface area (Å²) >= 11 is 7.71. The average Bonchev–Trinajstić information content (AvgIpc) is 3.17. The number of benzene rings is 1. The van der Waals surface area contributed by atoms with E-state index < -0.39 is 0 Å². The van der Waals surface area contributed by atoms with Gasteiger partial charge in [-0.1, -0.05) is 29.8 Å². The summed E-state index contributed by atoms with van der Waals surface area (Å²) in [6, 6.07) is 13.3. The van der Waals surface area contributed by atoms with E-state index in [0.29, 0.717) is 28.9 Å². The highest BCUT2D eigenvalue weighted by atomic mass is 35.5. The summed E-state index contributed by atoms with van der Waals surface area (Å²) in [5, 5.41) is 4.49. The molecule has 2 amide bonds. The number of nitrogens with one attached hydrogen (secondary N) is 1. The molecular weight excluding hydrogens is 470 g/mol. The SMILES string of the molecule is Cc1nc(C(=O)N2[C@H](CNC(=O)c3cnc4ccccn34)C[C@@H]3C[C@@H]32)c(-c2cccc(Cl)c2)s1. The van der Waals surface area contributed by atoms with Crippen LogP contribution in [0.2, 0.25) is 5.02 Å². The third-order valence-electron chi connectivity index (χ3n) is 6.62. The summed E-state index contributed by atoms with van der Waals surface area (Å²) in [6.45, 7) is 2.31. The second-order valence-electron chi connectivity index (χ2n) is 8.87. The van der Waals surface area contributed by atoms with Crippen molar-refractivity contribution in [3.05, 3.63) is 76.3 Å². The predicted octanol–water partition coefficient (Wildman–Crippen LogP) is 4.45. The zero-order valence-corrected chi connectivity index (χ0v) is 20.0. The Labute approximate surface area is 205 Å². The molecule has 0 bridgehead atoms. The molecule has 34 heavy (non-hydrogen) atoms. The van der Waals surface area contributed by atoms with Gasteiger partial charge in [-0.15, -0.1) is 11.3 Å². The van der Waals surface area contributed by atoms with Gasteiger partial charge in [-0.3, -0.25) is 14.0 Å². The summed E-state index contributed by atoms with van der Waals surface area (Å²) in [5.74, 6) is 0.227. The highest BCUT2D eigenvalue weighted by Gasteiger charge is 2.54. The number of piperidine rings is 1. The molecule has 4 heterocycles. The summed E-state index contributed by atoms with van der Waals surface area (Å²) in [4.78, 5) is 38.3. The van der Waals surface area contributed by atoms with Gasteiger partial charge >= 0.3 is 0 Å². The molecule has 4 aromatic rings. The lowest BCUT2D eigenvalue weighted by Gasteiger charge is -2.27. The Hall–Kier alpha value is -3.23. The first-order chi connectivity index (χ1) is 16.5. The van der Waals surface area contributed by atoms with Gasteiger partial charge in [-0.2, -0.15) is 0 Å². The standard InChI is InChI=1S/C25H22ClN5O2S/c1-14-29-22(23(34-14)15-5-4-6-17(26)9-15)25(33)31-18(10-16-11-19(16)31)12-28-24(32)20-13-27-21-7-2-3-8-30(20)21/h2-9,13,16,18-19H,10-12H2,1H3,(H,28,32)/t16-,18+,19+/m1/s1. The van der Waals surface area contributed by atoms with Crippen LogP contribution in [-0.4, -0.2) is 49.7 Å². The van der Waals surface area contributed by atoms with Gasteiger partial charge in [0, 0.05) is 23.8 Å². The van der Waals surface area contributed by atoms with E-state index in [-0.39, 0.29) is 23.9 Å². The lowest BCUT2D eigenvalue weighted by molar-refractivity contribution is 0.0684. The van der Waals surface area contributed by atoms with E-state index in [1.54, 1.807) is 10.6 Å². The molecule has 1 saturated heterocycles. The van der Waals surface area contributed by atoms with E-state index in [1.165, 1.54) is 11.3 Å². The second-order valence-corrected chi connectivity index (χ2v) is 10.5. The number of aryl methyl sites for hydroxylation is 1. The second kappa shape index (κ2) is 8.21. The number of nitrogens with zero attached hydrogens (tertiary/aromatic N) is 4. The maximum atomic E-state index is 13.7. The first kappa shape index (κ1) is 21.3. The molecule has 1 aliphatic heterocycles. The molecule has 2 aliphatic rings. The number of carbonyl (C=O) groups excluding carboxylic acids is 2. The fraction of sp³-hybridized carbons (Fsp3) is 0.280. The van der Waals surface area contributed by atoms with E-state index in [9.17, 15) is 9.59 Å². The van der Waals surface area contributed by atoms with Crippen LogP contribution in [0.1, 0.15) is 38.8 Å². The van der Waals surface area contributed by atoms with Crippen LogP contribution in [0.15, 0.2) is 54.9 Å². The normalized spacial score (nSPS) is 21.0. The lowest BCUT2D eigenvalue weighted by atomic mass is 10.1. The number of carbonyl (C=O) groups is 2. The smallest absolute Gasteiger partial charge is 0.274 e. The van der Waals surface area contributed by atoms with Crippen molar-refractivity contribution in [2.24, 2.45) is 5.92 Å². The minimum Gasteiger partial charge on any atom is -0.349 e. The van der Waals surface area contributed by atoms with E-state index >= 15 is 0 Å². The number of thiazole rings is 1. The van der Waals surface area contributed by atoms with Crippen LogP contribution < -0.4 is 5.32 Å². The van der Waals surface area contributed by atoms with E-state index in [2.05, 4.69) is 15.3 Å². The Kier molecular flexibility index (Phi) is 5.15. The number of imidazole rings is 1. The third-order valence-corrected chi connectivity index (χ3v) is 7.87. The molecule has 172 valence electrons. The minimum absolute atomic E-state index is 0.0615. The lowest BCUT2D eigenvalue weighted by Crippen LogP contribution is -2.45. The van der Waals surface area contributed by atoms with Gasteiger partial charge < -0.3 is 10.2 Å². The maximum Gasteiger partial charge on any atom is 0.274 e. The molecule has 3 atom stereocenters. The van der Waals surface area contributed by atoms with Gasteiger partial charge in [0.1, 0.15) is 17.0 Å². The summed E-state index contributed by atoms with van der Waals surface area (Å²) in [7, 11) is 0. The monoisotopic (exact) mass is 491 g/mol. The Morgan fingerprint density at radius 1 is 1.21 bits per heavy atom. The molecule has 7 nitrogen and oxygen atoms in total. The van der Waals surface area contributed by atoms with Gasteiger partial charge in [-0.25, -0.2) is 9.97 Å². The summed E-state index contributed by atoms with van der Waals surface area (Å²) in [6.07, 6.45) is 5.30. The van der Waals surface area contributed by atoms with Crippen molar-refractivity contribution < 1.29 is 9.59 Å². The van der Waals surface area contributed by atoms with Crippen LogP contribution in [0.4, 0.5) is 0 Å². The highest BCUT2D eigenvalue weighted by Crippen LogP contribution is 2.48. The fourth-order valence-electron chi connectivity index (χ4n) is 4.98. The quantitative estimate of drug-likeness (QED) is 0.447. The molecule has 9 heteroatoms. The van der Waals surface area contributed by atoms with Gasteiger partial charge in [0.05, 0.1) is 22.1 Å². The average molecular weight is 492 g/mol. The molecule has 1 aliphatic carbocycles. The number of pyridine rings is 1. The van der Waals surface area contributed by atoms with Crippen molar-refractivity contribution in [3.8, 4) is 10.4 Å². The van der Waals surface area contributed by atoms with Crippen molar-refractivity contribution in [1.82, 2.24) is 24.6 Å². The number of aromatic nitrogens is 3. The molecule has 0 radical (unpaired) electrons. The topological polar surface area (TPSA) is 79.6 Å². The fourth-order valence-corrected chi connectivity index (χ4v) is 6.08. The number of halogens is 1. The zero-order valence-electron chi connectivity index (χ0n) is 18.4. The number of hydrogen-bond donors (Lipinski definition) is 1. The Bertz CT molecular complexity index is 1430. The molecule has 6 rings (SSSR count). The van der Waals surface area contributed by atoms with Gasteiger partial charge in [0.2, 0.25) is 0 Å². The number of rotatable bonds is 5. The number of fused-ring (bicyclic) bond motifs is 2. The van der Waals surface area contributed by atoms with Crippen molar-refractivity contribution in [3.63, 3.8) is 0 Å². The predicted molar refractivity (Wildman–Crippen MR) is 131 cm³/mol. The van der Waals surface area contributed by atoms with Crippen LogP contribution in [0.5, 0.6) is 0 Å². The van der Waals surface area contributed by atoms with E-state index in [4.69, 9.17) is 11.6 Å². The number of likely N-dealkylation sites (tertiary alicyclic amines) is 1. The van der Waals surface area contributed by atoms with Gasteiger partial charge in [0.15, 0.2) is 0 Å². The first-order valence-corrected chi connectivity index (χ1v) is 12.5. The van der Waals surface area contributed by atoms with Crippen molar-refractivity contribution in [1.29, 1.82) is 0 Å². The van der Waals surface area contributed by atoms with Crippen molar-refractivity contribution in [2.45, 2.75) is 31.8 Å². The van der Waals surface area contributed by atoms with Crippen molar-refractivity contribution >= 4 is 40.4 Å². The Morgan fingerprint density at radius 2 is 2.09 bits per heavy atom. The van der Waals surface area contributed by atoms with Crippen LogP contribution >= 0.6 is 22.9 Å².